The number of nitrogens with one attached hydrogen (secondary N) is 2. The Morgan fingerprint density at radius 2 is 1.77 bits per heavy atom. The number of hydrogen-bond donors (Lipinski definition) is 2. The van der Waals surface area contributed by atoms with E-state index in [2.05, 4.69) is 48.8 Å². The van der Waals surface area contributed by atoms with Crippen LogP contribution < -0.4 is 10.2 Å². The van der Waals surface area contributed by atoms with Crippen LogP contribution in [0.2, 0.25) is 0 Å². The van der Waals surface area contributed by atoms with Gasteiger partial charge in [0.2, 0.25) is 0 Å². The highest BCUT2D eigenvalue weighted by Crippen LogP contribution is 2.36. The Hall–Kier alpha value is -2.08. The molecule has 0 spiro atoms. The van der Waals surface area contributed by atoms with Crippen molar-refractivity contribution >= 4 is 34.0 Å². The average molecular weight is 452 g/mol. The number of carbonyl (C=O) groups excluding carboxylic acids is 1. The standard InChI is InChI=1S/C26H30N2OS2/c1-3-21-18-23(26(31-21)27-25(29)20-10-6-4-7-11-20)24(28-16-8-5-9-17-28)19-12-14-22(30-2)15-13-19/h4,6-7,10-15,18,24H,3,5,8-9,16-17H2,1-2H3,(H,27,29)/p+1/t24-/m1/s1. The lowest BCUT2D eigenvalue weighted by atomic mass is 9.95. The fourth-order valence-electron chi connectivity index (χ4n) is 4.44. The van der Waals surface area contributed by atoms with Gasteiger partial charge in [0.1, 0.15) is 11.0 Å². The zero-order valence-electron chi connectivity index (χ0n) is 18.3. The molecule has 1 aromatic heterocycles. The minimum Gasteiger partial charge on any atom is -0.325 e. The lowest BCUT2D eigenvalue weighted by Crippen LogP contribution is -3.13. The van der Waals surface area contributed by atoms with Crippen molar-refractivity contribution in [1.29, 1.82) is 0 Å². The highest BCUT2D eigenvalue weighted by Gasteiger charge is 2.31. The Bertz CT molecular complexity index is 992. The van der Waals surface area contributed by atoms with Crippen molar-refractivity contribution in [2.24, 2.45) is 0 Å². The Labute approximate surface area is 193 Å². The second-order valence-electron chi connectivity index (χ2n) is 8.10. The Morgan fingerprint density at radius 1 is 1.06 bits per heavy atom. The summed E-state index contributed by atoms with van der Waals surface area (Å²) >= 11 is 3.50. The number of thioether (sulfide) groups is 1. The highest BCUT2D eigenvalue weighted by molar-refractivity contribution is 7.98. The van der Waals surface area contributed by atoms with Crippen LogP contribution >= 0.6 is 23.1 Å². The van der Waals surface area contributed by atoms with Crippen LogP contribution in [0.5, 0.6) is 0 Å². The van der Waals surface area contributed by atoms with Crippen LogP contribution in [0.25, 0.3) is 0 Å². The van der Waals surface area contributed by atoms with Crippen molar-refractivity contribution < 1.29 is 9.69 Å². The summed E-state index contributed by atoms with van der Waals surface area (Å²) in [6.45, 7) is 4.55. The van der Waals surface area contributed by atoms with E-state index >= 15 is 0 Å². The second kappa shape index (κ2) is 10.5. The van der Waals surface area contributed by atoms with E-state index in [1.807, 2.05) is 30.3 Å². The molecule has 0 bridgehead atoms. The third-order valence-corrected chi connectivity index (χ3v) is 8.04. The molecule has 31 heavy (non-hydrogen) atoms. The molecule has 5 heteroatoms. The van der Waals surface area contributed by atoms with Crippen LogP contribution in [0.15, 0.2) is 65.6 Å². The van der Waals surface area contributed by atoms with Crippen molar-refractivity contribution in [3.05, 3.63) is 82.2 Å². The summed E-state index contributed by atoms with van der Waals surface area (Å²) in [5.74, 6) is -0.0310. The normalized spacial score (nSPS) is 15.5. The molecule has 0 aliphatic carbocycles. The van der Waals surface area contributed by atoms with E-state index in [1.165, 1.54) is 53.3 Å². The molecular weight excluding hydrogens is 420 g/mol. The number of aryl methyl sites for hydroxylation is 1. The summed E-state index contributed by atoms with van der Waals surface area (Å²) in [6.07, 6.45) is 6.96. The van der Waals surface area contributed by atoms with Crippen molar-refractivity contribution in [3.8, 4) is 0 Å². The molecule has 1 aliphatic heterocycles. The van der Waals surface area contributed by atoms with E-state index in [0.717, 1.165) is 11.4 Å². The SMILES string of the molecule is CCc1cc([C@@H](c2ccc(SC)cc2)[NH+]2CCCCC2)c(NC(=O)c2ccccc2)s1. The van der Waals surface area contributed by atoms with E-state index in [1.54, 1.807) is 28.0 Å². The number of quaternary nitrogens is 1. The number of rotatable bonds is 7. The van der Waals surface area contributed by atoms with Gasteiger partial charge in [-0.05, 0) is 62.3 Å². The quantitative estimate of drug-likeness (QED) is 0.469. The van der Waals surface area contributed by atoms with Crippen molar-refractivity contribution in [1.82, 2.24) is 0 Å². The van der Waals surface area contributed by atoms with Gasteiger partial charge in [-0.1, -0.05) is 37.3 Å². The number of piperidine rings is 1. The maximum Gasteiger partial charge on any atom is 0.256 e. The fourth-order valence-corrected chi connectivity index (χ4v) is 5.87. The zero-order valence-corrected chi connectivity index (χ0v) is 20.0. The minimum atomic E-state index is -0.0310. The molecule has 4 rings (SSSR count). The fraction of sp³-hybridized carbons (Fsp3) is 0.346. The molecule has 2 heterocycles. The molecular formula is C26H31N2OS2+. The van der Waals surface area contributed by atoms with E-state index in [9.17, 15) is 4.79 Å². The van der Waals surface area contributed by atoms with E-state index in [-0.39, 0.29) is 11.9 Å². The number of thiophene rings is 1. The minimum absolute atomic E-state index is 0.0310. The van der Waals surface area contributed by atoms with Crippen molar-refractivity contribution in [3.63, 3.8) is 0 Å². The number of carbonyl (C=O) groups is 1. The van der Waals surface area contributed by atoms with Gasteiger partial charge in [0.15, 0.2) is 0 Å². The second-order valence-corrected chi connectivity index (χ2v) is 10.1. The smallest absolute Gasteiger partial charge is 0.256 e. The monoisotopic (exact) mass is 451 g/mol. The molecule has 1 aliphatic rings. The van der Waals surface area contributed by atoms with Crippen LogP contribution in [-0.2, 0) is 6.42 Å². The van der Waals surface area contributed by atoms with Crippen molar-refractivity contribution in [2.45, 2.75) is 43.5 Å². The van der Waals surface area contributed by atoms with E-state index in [0.29, 0.717) is 5.56 Å². The van der Waals surface area contributed by atoms with Crippen molar-refractivity contribution in [2.75, 3.05) is 24.7 Å². The van der Waals surface area contributed by atoms with Crippen LogP contribution in [0.4, 0.5) is 5.00 Å². The summed E-state index contributed by atoms with van der Waals surface area (Å²) in [5.41, 5.74) is 3.30. The third kappa shape index (κ3) is 5.22. The zero-order chi connectivity index (χ0) is 21.6. The molecule has 0 unspecified atom stereocenters. The molecule has 162 valence electrons. The van der Waals surface area contributed by atoms with Gasteiger partial charge >= 0.3 is 0 Å². The van der Waals surface area contributed by atoms with Gasteiger partial charge < -0.3 is 10.2 Å². The number of benzene rings is 2. The first-order valence-corrected chi connectivity index (χ1v) is 13.2. The topological polar surface area (TPSA) is 33.5 Å². The van der Waals surface area contributed by atoms with Crippen LogP contribution in [0, 0.1) is 0 Å². The molecule has 1 atom stereocenters. The largest absolute Gasteiger partial charge is 0.325 e. The molecule has 1 saturated heterocycles. The first kappa shape index (κ1) is 22.1. The van der Waals surface area contributed by atoms with E-state index < -0.39 is 0 Å². The maximum atomic E-state index is 13.0. The number of likely N-dealkylation sites (tertiary alicyclic amines) is 1. The van der Waals surface area contributed by atoms with Gasteiger partial charge in [0.05, 0.1) is 13.1 Å². The molecule has 3 aromatic rings. The Kier molecular flexibility index (Phi) is 7.49. The Morgan fingerprint density at radius 3 is 2.42 bits per heavy atom. The predicted octanol–water partition coefficient (Wildman–Crippen LogP) is 5.44. The molecule has 3 nitrogen and oxygen atoms in total. The summed E-state index contributed by atoms with van der Waals surface area (Å²) in [6, 6.07) is 21.1. The number of anilines is 1. The van der Waals surface area contributed by atoms with Gasteiger partial charge in [0, 0.05) is 26.5 Å². The summed E-state index contributed by atoms with van der Waals surface area (Å²) < 4.78 is 0. The Balaban J connectivity index is 1.72. The van der Waals surface area contributed by atoms with Gasteiger partial charge in [-0.25, -0.2) is 0 Å². The van der Waals surface area contributed by atoms with Gasteiger partial charge in [-0.3, -0.25) is 4.79 Å². The lowest BCUT2D eigenvalue weighted by molar-refractivity contribution is -0.930. The molecule has 0 saturated carbocycles. The summed E-state index contributed by atoms with van der Waals surface area (Å²) in [7, 11) is 0. The summed E-state index contributed by atoms with van der Waals surface area (Å²) in [5, 5.41) is 4.26. The van der Waals surface area contributed by atoms with Crippen LogP contribution in [0.1, 0.15) is 58.6 Å². The third-order valence-electron chi connectivity index (χ3n) is 6.09. The molecule has 2 aromatic carbocycles. The first-order chi connectivity index (χ1) is 15.2. The number of amides is 1. The summed E-state index contributed by atoms with van der Waals surface area (Å²) in [4.78, 5) is 17.2. The average Bonchev–Trinajstić information content (AvgIpc) is 3.23. The highest BCUT2D eigenvalue weighted by atomic mass is 32.2. The van der Waals surface area contributed by atoms with Gasteiger partial charge in [-0.15, -0.1) is 23.1 Å². The van der Waals surface area contributed by atoms with Crippen LogP contribution in [-0.4, -0.2) is 25.3 Å². The van der Waals surface area contributed by atoms with Gasteiger partial charge in [-0.2, -0.15) is 0 Å². The molecule has 1 fully saturated rings. The first-order valence-electron chi connectivity index (χ1n) is 11.2. The predicted molar refractivity (Wildman–Crippen MR) is 133 cm³/mol. The van der Waals surface area contributed by atoms with Gasteiger partial charge in [0.25, 0.3) is 5.91 Å². The van der Waals surface area contributed by atoms with E-state index in [4.69, 9.17) is 0 Å². The molecule has 0 radical (unpaired) electrons. The molecule has 1 amide bonds. The molecule has 2 N–H and O–H groups in total. The van der Waals surface area contributed by atoms with Crippen LogP contribution in [0.3, 0.4) is 0 Å². The maximum absolute atomic E-state index is 13.0. The lowest BCUT2D eigenvalue weighted by Gasteiger charge is -2.32. The number of hydrogen-bond acceptors (Lipinski definition) is 3.